The summed E-state index contributed by atoms with van der Waals surface area (Å²) in [6, 6.07) is 9.86. The van der Waals surface area contributed by atoms with E-state index >= 15 is 0 Å². The molecule has 1 aliphatic rings. The summed E-state index contributed by atoms with van der Waals surface area (Å²) >= 11 is 6.21. The Morgan fingerprint density at radius 1 is 1.22 bits per heavy atom. The summed E-state index contributed by atoms with van der Waals surface area (Å²) < 4.78 is 2.28. The van der Waals surface area contributed by atoms with Gasteiger partial charge in [0.2, 0.25) is 0 Å². The average molecular weight is 327 g/mol. The third-order valence-corrected chi connectivity index (χ3v) is 5.00. The molecule has 0 aliphatic heterocycles. The number of fused-ring (bicyclic) bond motifs is 3. The number of hydrogen-bond donors (Lipinski definition) is 1. The Morgan fingerprint density at radius 3 is 2.91 bits per heavy atom. The quantitative estimate of drug-likeness (QED) is 0.779. The second-order valence-corrected chi connectivity index (χ2v) is 6.64. The van der Waals surface area contributed by atoms with Crippen molar-refractivity contribution in [3.05, 3.63) is 64.6 Å². The van der Waals surface area contributed by atoms with Crippen LogP contribution in [0.25, 0.3) is 10.9 Å². The summed E-state index contributed by atoms with van der Waals surface area (Å²) in [4.78, 5) is 4.11. The van der Waals surface area contributed by atoms with Crippen molar-refractivity contribution < 1.29 is 5.11 Å². The third kappa shape index (κ3) is 2.64. The largest absolute Gasteiger partial charge is 0.386 e. The van der Waals surface area contributed by atoms with Crippen LogP contribution in [-0.2, 0) is 19.4 Å². The van der Waals surface area contributed by atoms with Crippen LogP contribution < -0.4 is 0 Å². The number of benzene rings is 1. The van der Waals surface area contributed by atoms with E-state index < -0.39 is 6.10 Å². The zero-order valence-electron chi connectivity index (χ0n) is 12.9. The van der Waals surface area contributed by atoms with Crippen molar-refractivity contribution in [3.8, 4) is 0 Å². The fourth-order valence-corrected chi connectivity index (χ4v) is 3.84. The number of rotatable bonds is 3. The van der Waals surface area contributed by atoms with E-state index in [9.17, 15) is 5.11 Å². The van der Waals surface area contributed by atoms with Crippen molar-refractivity contribution in [2.45, 2.75) is 38.3 Å². The van der Waals surface area contributed by atoms with Crippen molar-refractivity contribution in [3.63, 3.8) is 0 Å². The van der Waals surface area contributed by atoms with E-state index in [0.717, 1.165) is 23.4 Å². The molecule has 1 aromatic carbocycles. The van der Waals surface area contributed by atoms with Crippen LogP contribution in [0.1, 0.15) is 35.8 Å². The van der Waals surface area contributed by atoms with E-state index in [2.05, 4.69) is 21.7 Å². The second-order valence-electron chi connectivity index (χ2n) is 6.21. The summed E-state index contributed by atoms with van der Waals surface area (Å²) in [7, 11) is 0. The van der Waals surface area contributed by atoms with Gasteiger partial charge >= 0.3 is 0 Å². The molecule has 0 saturated heterocycles. The Bertz CT molecular complexity index is 841. The fourth-order valence-electron chi connectivity index (χ4n) is 3.67. The van der Waals surface area contributed by atoms with Gasteiger partial charge in [-0.1, -0.05) is 17.7 Å². The maximum Gasteiger partial charge on any atom is 0.0983 e. The highest BCUT2D eigenvalue weighted by molar-refractivity contribution is 6.31. The zero-order valence-corrected chi connectivity index (χ0v) is 13.6. The van der Waals surface area contributed by atoms with Crippen LogP contribution in [0.5, 0.6) is 0 Å². The van der Waals surface area contributed by atoms with Crippen molar-refractivity contribution in [1.29, 1.82) is 0 Å². The standard InChI is InChI=1S/C19H19ClN2O/c20-14-7-8-18-16(10-14)15-5-1-2-6-17(15)22(18)12-19(23)13-4-3-9-21-11-13/h3-4,7-11,19,23H,1-2,5-6,12H2. The lowest BCUT2D eigenvalue weighted by Gasteiger charge is -2.18. The van der Waals surface area contributed by atoms with Crippen LogP contribution in [0.2, 0.25) is 5.02 Å². The van der Waals surface area contributed by atoms with Crippen molar-refractivity contribution >= 4 is 22.5 Å². The Kier molecular flexibility index (Phi) is 3.83. The lowest BCUT2D eigenvalue weighted by molar-refractivity contribution is 0.156. The van der Waals surface area contributed by atoms with Gasteiger partial charge in [-0.05, 0) is 55.5 Å². The van der Waals surface area contributed by atoms with Gasteiger partial charge in [-0.2, -0.15) is 0 Å². The minimum absolute atomic E-state index is 0.555. The SMILES string of the molecule is OC(Cn1c2c(c3cc(Cl)ccc31)CCCC2)c1cccnc1. The predicted octanol–water partition coefficient (Wildman–Crippen LogP) is 4.30. The van der Waals surface area contributed by atoms with Crippen LogP contribution in [0, 0.1) is 0 Å². The number of aliphatic hydroxyl groups is 1. The highest BCUT2D eigenvalue weighted by Gasteiger charge is 2.22. The Morgan fingerprint density at radius 2 is 2.09 bits per heavy atom. The normalized spacial score (nSPS) is 15.6. The van der Waals surface area contributed by atoms with Gasteiger partial charge in [0.1, 0.15) is 0 Å². The summed E-state index contributed by atoms with van der Waals surface area (Å²) in [6.45, 7) is 0.555. The van der Waals surface area contributed by atoms with E-state index in [1.54, 1.807) is 12.4 Å². The smallest absolute Gasteiger partial charge is 0.0983 e. The van der Waals surface area contributed by atoms with Gasteiger partial charge in [-0.15, -0.1) is 0 Å². The number of hydrogen-bond acceptors (Lipinski definition) is 2. The molecule has 0 amide bonds. The van der Waals surface area contributed by atoms with Gasteiger partial charge in [0.25, 0.3) is 0 Å². The molecule has 1 N–H and O–H groups in total. The maximum absolute atomic E-state index is 10.6. The van der Waals surface area contributed by atoms with Crippen molar-refractivity contribution in [2.24, 2.45) is 0 Å². The molecule has 0 fully saturated rings. The van der Waals surface area contributed by atoms with Crippen molar-refractivity contribution in [1.82, 2.24) is 9.55 Å². The molecule has 2 heterocycles. The van der Waals surface area contributed by atoms with E-state index in [1.807, 2.05) is 18.2 Å². The molecule has 118 valence electrons. The lowest BCUT2D eigenvalue weighted by atomic mass is 9.95. The Labute approximate surface area is 140 Å². The molecule has 0 spiro atoms. The molecule has 1 unspecified atom stereocenters. The molecule has 3 aromatic rings. The highest BCUT2D eigenvalue weighted by atomic mass is 35.5. The molecule has 23 heavy (non-hydrogen) atoms. The number of halogens is 1. The molecule has 2 aromatic heterocycles. The molecular formula is C19H19ClN2O. The van der Waals surface area contributed by atoms with Gasteiger partial charge in [0, 0.05) is 39.6 Å². The lowest BCUT2D eigenvalue weighted by Crippen LogP contribution is -2.13. The zero-order chi connectivity index (χ0) is 15.8. The first kappa shape index (κ1) is 14.7. The second kappa shape index (κ2) is 5.99. The van der Waals surface area contributed by atoms with Crippen LogP contribution >= 0.6 is 11.6 Å². The summed E-state index contributed by atoms with van der Waals surface area (Å²) in [5.74, 6) is 0. The number of nitrogens with zero attached hydrogens (tertiary/aromatic N) is 2. The minimum atomic E-state index is -0.555. The molecule has 3 nitrogen and oxygen atoms in total. The molecule has 4 heteroatoms. The molecular weight excluding hydrogens is 308 g/mol. The van der Waals surface area contributed by atoms with E-state index in [1.165, 1.54) is 35.0 Å². The van der Waals surface area contributed by atoms with Crippen LogP contribution in [0.3, 0.4) is 0 Å². The highest BCUT2D eigenvalue weighted by Crippen LogP contribution is 2.34. The van der Waals surface area contributed by atoms with Gasteiger partial charge in [0.05, 0.1) is 12.6 Å². The first-order chi connectivity index (χ1) is 11.2. The fraction of sp³-hybridized carbons (Fsp3) is 0.316. The van der Waals surface area contributed by atoms with Crippen LogP contribution in [0.15, 0.2) is 42.7 Å². The summed E-state index contributed by atoms with van der Waals surface area (Å²) in [5.41, 5.74) is 4.79. The average Bonchev–Trinajstić information content (AvgIpc) is 2.89. The predicted molar refractivity (Wildman–Crippen MR) is 92.8 cm³/mol. The maximum atomic E-state index is 10.6. The van der Waals surface area contributed by atoms with Crippen LogP contribution in [-0.4, -0.2) is 14.7 Å². The van der Waals surface area contributed by atoms with Gasteiger partial charge in [-0.3, -0.25) is 4.98 Å². The summed E-state index contributed by atoms with van der Waals surface area (Å²) in [5, 5.41) is 12.6. The van der Waals surface area contributed by atoms with Crippen LogP contribution in [0.4, 0.5) is 0 Å². The Hall–Kier alpha value is -1.84. The Balaban J connectivity index is 1.80. The summed E-state index contributed by atoms with van der Waals surface area (Å²) in [6.07, 6.45) is 7.51. The molecule has 4 rings (SSSR count). The third-order valence-electron chi connectivity index (χ3n) is 4.76. The topological polar surface area (TPSA) is 38.0 Å². The number of pyridine rings is 1. The van der Waals surface area contributed by atoms with E-state index in [0.29, 0.717) is 6.54 Å². The van der Waals surface area contributed by atoms with Gasteiger partial charge in [0.15, 0.2) is 0 Å². The van der Waals surface area contributed by atoms with Gasteiger partial charge in [-0.25, -0.2) is 0 Å². The van der Waals surface area contributed by atoms with E-state index in [4.69, 9.17) is 11.6 Å². The number of aliphatic hydroxyl groups excluding tert-OH is 1. The molecule has 1 atom stereocenters. The molecule has 0 saturated carbocycles. The van der Waals surface area contributed by atoms with Gasteiger partial charge < -0.3 is 9.67 Å². The monoisotopic (exact) mass is 326 g/mol. The molecule has 0 bridgehead atoms. The molecule has 1 aliphatic carbocycles. The minimum Gasteiger partial charge on any atom is -0.386 e. The van der Waals surface area contributed by atoms with E-state index in [-0.39, 0.29) is 0 Å². The van der Waals surface area contributed by atoms with Crippen molar-refractivity contribution in [2.75, 3.05) is 0 Å². The number of aromatic nitrogens is 2. The number of aryl methyl sites for hydroxylation is 1. The molecule has 0 radical (unpaired) electrons. The first-order valence-electron chi connectivity index (χ1n) is 8.11. The first-order valence-corrected chi connectivity index (χ1v) is 8.49.